The highest BCUT2D eigenvalue weighted by Crippen LogP contribution is 2.29. The van der Waals surface area contributed by atoms with Crippen LogP contribution >= 0.6 is 11.6 Å². The van der Waals surface area contributed by atoms with Crippen molar-refractivity contribution in [3.63, 3.8) is 0 Å². The summed E-state index contributed by atoms with van der Waals surface area (Å²) in [6.07, 6.45) is 0. The van der Waals surface area contributed by atoms with Crippen LogP contribution in [0.3, 0.4) is 0 Å². The van der Waals surface area contributed by atoms with Crippen LogP contribution in [0.2, 0.25) is 5.02 Å². The standard InChI is InChI=1S/C29H31ClN4O4/c1-29(2,17-32)18-34(28(36)20-7-5-19(15-31)6-8-20)16-22-13-23(10-11-24(22)30)33-27(35)21-9-12-25(37-3)26(14-21)38-4/h5-14H,16-18,32H2,1-4H3,(H,33,35). The Labute approximate surface area is 227 Å². The number of hydrogen-bond donors (Lipinski definition) is 2. The summed E-state index contributed by atoms with van der Waals surface area (Å²) in [5.74, 6) is 0.405. The van der Waals surface area contributed by atoms with Gasteiger partial charge in [-0.3, -0.25) is 9.59 Å². The minimum atomic E-state index is -0.353. The summed E-state index contributed by atoms with van der Waals surface area (Å²) < 4.78 is 10.5. The van der Waals surface area contributed by atoms with Crippen LogP contribution in [0.4, 0.5) is 5.69 Å². The smallest absolute Gasteiger partial charge is 0.255 e. The summed E-state index contributed by atoms with van der Waals surface area (Å²) in [5.41, 5.74) is 8.10. The molecule has 198 valence electrons. The number of carbonyl (C=O) groups is 2. The highest BCUT2D eigenvalue weighted by atomic mass is 35.5. The van der Waals surface area contributed by atoms with E-state index < -0.39 is 0 Å². The lowest BCUT2D eigenvalue weighted by Crippen LogP contribution is -2.41. The normalized spacial score (nSPS) is 10.9. The number of hydrogen-bond acceptors (Lipinski definition) is 6. The first-order chi connectivity index (χ1) is 18.1. The van der Waals surface area contributed by atoms with E-state index in [1.54, 1.807) is 65.6 Å². The zero-order valence-corrected chi connectivity index (χ0v) is 22.6. The van der Waals surface area contributed by atoms with Crippen molar-refractivity contribution < 1.29 is 19.1 Å². The Hall–Kier alpha value is -4.06. The molecular formula is C29H31ClN4O4. The zero-order valence-electron chi connectivity index (χ0n) is 21.9. The number of rotatable bonds is 10. The van der Waals surface area contributed by atoms with Crippen molar-refractivity contribution in [1.82, 2.24) is 4.90 Å². The van der Waals surface area contributed by atoms with E-state index in [9.17, 15) is 9.59 Å². The zero-order chi connectivity index (χ0) is 27.9. The molecule has 0 bridgehead atoms. The summed E-state index contributed by atoms with van der Waals surface area (Å²) in [5, 5.41) is 12.4. The van der Waals surface area contributed by atoms with E-state index in [2.05, 4.69) is 11.4 Å². The van der Waals surface area contributed by atoms with Crippen LogP contribution in [-0.4, -0.2) is 44.0 Å². The van der Waals surface area contributed by atoms with E-state index in [1.165, 1.54) is 14.2 Å². The quantitative estimate of drug-likeness (QED) is 0.373. The molecule has 0 fully saturated rings. The van der Waals surface area contributed by atoms with Crippen LogP contribution in [0.1, 0.15) is 45.7 Å². The number of methoxy groups -OCH3 is 2. The second-order valence-corrected chi connectivity index (χ2v) is 9.96. The predicted octanol–water partition coefficient (Wildman–Crippen LogP) is 5.11. The molecule has 0 saturated carbocycles. The molecule has 0 heterocycles. The van der Waals surface area contributed by atoms with E-state index in [0.717, 1.165) is 0 Å². The fourth-order valence-electron chi connectivity index (χ4n) is 3.81. The lowest BCUT2D eigenvalue weighted by molar-refractivity contribution is 0.0673. The van der Waals surface area contributed by atoms with E-state index in [4.69, 9.17) is 32.1 Å². The Morgan fingerprint density at radius 2 is 1.66 bits per heavy atom. The number of benzene rings is 3. The second kappa shape index (κ2) is 12.5. The number of halogens is 1. The van der Waals surface area contributed by atoms with Crippen LogP contribution in [0.5, 0.6) is 11.5 Å². The lowest BCUT2D eigenvalue weighted by Gasteiger charge is -2.32. The van der Waals surface area contributed by atoms with Crippen molar-refractivity contribution >= 4 is 29.1 Å². The molecule has 3 N–H and O–H groups in total. The van der Waals surface area contributed by atoms with Crippen LogP contribution < -0.4 is 20.5 Å². The number of nitrogens with two attached hydrogens (primary N) is 1. The third-order valence-corrected chi connectivity index (χ3v) is 6.40. The largest absolute Gasteiger partial charge is 0.493 e. The topological polar surface area (TPSA) is 118 Å². The molecule has 2 amide bonds. The summed E-state index contributed by atoms with van der Waals surface area (Å²) in [7, 11) is 3.03. The fraction of sp³-hybridized carbons (Fsp3) is 0.276. The average Bonchev–Trinajstić information content (AvgIpc) is 2.93. The number of carbonyl (C=O) groups excluding carboxylic acids is 2. The van der Waals surface area contributed by atoms with Gasteiger partial charge in [0.05, 0.1) is 25.9 Å². The maximum Gasteiger partial charge on any atom is 0.255 e. The van der Waals surface area contributed by atoms with Gasteiger partial charge in [0.25, 0.3) is 11.8 Å². The van der Waals surface area contributed by atoms with Crippen LogP contribution in [0.25, 0.3) is 0 Å². The minimum absolute atomic E-state index is 0.196. The first kappa shape index (κ1) is 28.5. The molecule has 3 aromatic rings. The molecule has 0 aliphatic rings. The molecule has 3 aromatic carbocycles. The van der Waals surface area contributed by atoms with Gasteiger partial charge < -0.3 is 25.4 Å². The number of nitrogens with one attached hydrogen (secondary N) is 1. The van der Waals surface area contributed by atoms with Crippen molar-refractivity contribution in [2.75, 3.05) is 32.6 Å². The van der Waals surface area contributed by atoms with Gasteiger partial charge in [-0.2, -0.15) is 5.26 Å². The Morgan fingerprint density at radius 1 is 1.00 bits per heavy atom. The monoisotopic (exact) mass is 534 g/mol. The van der Waals surface area contributed by atoms with Gasteiger partial charge >= 0.3 is 0 Å². The number of nitriles is 1. The molecule has 0 aliphatic heterocycles. The molecule has 0 atom stereocenters. The van der Waals surface area contributed by atoms with Gasteiger partial charge in [-0.05, 0) is 78.2 Å². The molecule has 0 spiro atoms. The Morgan fingerprint density at radius 3 is 2.26 bits per heavy atom. The fourth-order valence-corrected chi connectivity index (χ4v) is 3.99. The van der Waals surface area contributed by atoms with E-state index in [-0.39, 0.29) is 23.8 Å². The van der Waals surface area contributed by atoms with Gasteiger partial charge in [0, 0.05) is 34.9 Å². The molecule has 38 heavy (non-hydrogen) atoms. The van der Waals surface area contributed by atoms with Crippen LogP contribution in [0.15, 0.2) is 60.7 Å². The average molecular weight is 535 g/mol. The van der Waals surface area contributed by atoms with Gasteiger partial charge in [-0.25, -0.2) is 0 Å². The third kappa shape index (κ3) is 7.03. The van der Waals surface area contributed by atoms with E-state index in [1.807, 2.05) is 13.8 Å². The van der Waals surface area contributed by atoms with Gasteiger partial charge in [0.15, 0.2) is 11.5 Å². The Kier molecular flexibility index (Phi) is 9.35. The highest BCUT2D eigenvalue weighted by Gasteiger charge is 2.26. The van der Waals surface area contributed by atoms with Crippen molar-refractivity contribution in [2.24, 2.45) is 11.1 Å². The van der Waals surface area contributed by atoms with Gasteiger partial charge in [0.2, 0.25) is 0 Å². The molecule has 0 aromatic heterocycles. The van der Waals surface area contributed by atoms with E-state index >= 15 is 0 Å². The van der Waals surface area contributed by atoms with Crippen LogP contribution in [-0.2, 0) is 6.54 Å². The van der Waals surface area contributed by atoms with Gasteiger partial charge in [-0.1, -0.05) is 25.4 Å². The predicted molar refractivity (Wildman–Crippen MR) is 148 cm³/mol. The molecule has 8 nitrogen and oxygen atoms in total. The summed E-state index contributed by atoms with van der Waals surface area (Å²) in [6.45, 7) is 4.91. The van der Waals surface area contributed by atoms with Crippen molar-refractivity contribution in [1.29, 1.82) is 5.26 Å². The molecule has 0 radical (unpaired) electrons. The Bertz CT molecular complexity index is 1350. The number of amides is 2. The first-order valence-corrected chi connectivity index (χ1v) is 12.3. The summed E-state index contributed by atoms with van der Waals surface area (Å²) in [4.78, 5) is 28.1. The lowest BCUT2D eigenvalue weighted by atomic mass is 9.92. The molecule has 9 heteroatoms. The maximum absolute atomic E-state index is 13.5. The SMILES string of the molecule is COc1ccc(C(=O)Nc2ccc(Cl)c(CN(CC(C)(C)CN)C(=O)c3ccc(C#N)cc3)c2)cc1OC. The van der Waals surface area contributed by atoms with Crippen molar-refractivity contribution in [3.05, 3.63) is 87.9 Å². The minimum Gasteiger partial charge on any atom is -0.493 e. The van der Waals surface area contributed by atoms with Crippen LogP contribution in [0, 0.1) is 16.7 Å². The molecule has 3 rings (SSSR count). The highest BCUT2D eigenvalue weighted by molar-refractivity contribution is 6.31. The molecular weight excluding hydrogens is 504 g/mol. The summed E-state index contributed by atoms with van der Waals surface area (Å²) >= 11 is 6.52. The van der Waals surface area contributed by atoms with Gasteiger partial charge in [-0.15, -0.1) is 0 Å². The first-order valence-electron chi connectivity index (χ1n) is 11.9. The van der Waals surface area contributed by atoms with E-state index in [0.29, 0.717) is 57.6 Å². The number of anilines is 1. The third-order valence-electron chi connectivity index (χ3n) is 6.03. The Balaban J connectivity index is 1.87. The maximum atomic E-state index is 13.5. The van der Waals surface area contributed by atoms with Gasteiger partial charge in [0.1, 0.15) is 0 Å². The molecule has 0 saturated heterocycles. The number of ether oxygens (including phenoxy) is 2. The second-order valence-electron chi connectivity index (χ2n) is 9.55. The molecule has 0 aliphatic carbocycles. The number of nitrogens with zero attached hydrogens (tertiary/aromatic N) is 2. The van der Waals surface area contributed by atoms with Crippen molar-refractivity contribution in [3.8, 4) is 17.6 Å². The molecule has 0 unspecified atom stereocenters. The summed E-state index contributed by atoms with van der Waals surface area (Å²) in [6, 6.07) is 18.5. The van der Waals surface area contributed by atoms with Crippen molar-refractivity contribution in [2.45, 2.75) is 20.4 Å².